The van der Waals surface area contributed by atoms with Crippen molar-refractivity contribution in [3.63, 3.8) is 0 Å². The number of ether oxygens (including phenoxy) is 1. The summed E-state index contributed by atoms with van der Waals surface area (Å²) in [6.45, 7) is 6.93. The highest BCUT2D eigenvalue weighted by Crippen LogP contribution is 2.24. The fourth-order valence-corrected chi connectivity index (χ4v) is 3.29. The molecule has 1 aliphatic rings. The van der Waals surface area contributed by atoms with Crippen LogP contribution in [0.1, 0.15) is 59.3 Å². The number of hydrogen-bond donors (Lipinski definition) is 2. The van der Waals surface area contributed by atoms with Gasteiger partial charge < -0.3 is 20.7 Å². The van der Waals surface area contributed by atoms with Gasteiger partial charge in [-0.15, -0.1) is 0 Å². The van der Waals surface area contributed by atoms with Crippen molar-refractivity contribution in [2.24, 2.45) is 0 Å². The highest BCUT2D eigenvalue weighted by Gasteiger charge is 2.28. The van der Waals surface area contributed by atoms with E-state index in [0.29, 0.717) is 30.0 Å². The van der Waals surface area contributed by atoms with Crippen LogP contribution in [0.15, 0.2) is 6.07 Å². The van der Waals surface area contributed by atoms with Crippen LogP contribution in [-0.4, -0.2) is 45.7 Å². The summed E-state index contributed by atoms with van der Waals surface area (Å²) >= 11 is 5.88. The van der Waals surface area contributed by atoms with Crippen molar-refractivity contribution in [1.29, 1.82) is 0 Å². The van der Waals surface area contributed by atoms with Gasteiger partial charge >= 0.3 is 6.09 Å². The van der Waals surface area contributed by atoms with Gasteiger partial charge in [0, 0.05) is 25.2 Å². The standard InChI is InChI=1S/C18H30ClN5O2/c1-18(2,3)26-17(25)24(13-8-5-4-6-9-13)11-7-10-21-16-22-14(19)12-15(20)23-16/h12-13H,4-11H2,1-3H3,(H3,20,21,22,23). The number of amides is 1. The maximum Gasteiger partial charge on any atom is 0.410 e. The zero-order chi connectivity index (χ0) is 19.2. The van der Waals surface area contributed by atoms with Crippen molar-refractivity contribution in [3.05, 3.63) is 11.2 Å². The smallest absolute Gasteiger partial charge is 0.410 e. The molecule has 1 amide bonds. The number of nitrogens with one attached hydrogen (secondary N) is 1. The number of nitrogen functional groups attached to an aromatic ring is 1. The van der Waals surface area contributed by atoms with Crippen LogP contribution in [-0.2, 0) is 4.74 Å². The summed E-state index contributed by atoms with van der Waals surface area (Å²) in [6, 6.07) is 1.76. The predicted octanol–water partition coefficient (Wildman–Crippen LogP) is 4.08. The van der Waals surface area contributed by atoms with Gasteiger partial charge in [0.15, 0.2) is 0 Å². The third kappa shape index (κ3) is 6.86. The number of rotatable bonds is 6. The van der Waals surface area contributed by atoms with Crippen LogP contribution < -0.4 is 11.1 Å². The molecule has 0 atom stereocenters. The van der Waals surface area contributed by atoms with Crippen LogP contribution in [0.3, 0.4) is 0 Å². The molecule has 1 aliphatic carbocycles. The monoisotopic (exact) mass is 383 g/mol. The molecule has 0 saturated heterocycles. The summed E-state index contributed by atoms with van der Waals surface area (Å²) in [6.07, 6.45) is 6.18. The van der Waals surface area contributed by atoms with Gasteiger partial charge in [0.25, 0.3) is 0 Å². The van der Waals surface area contributed by atoms with Crippen LogP contribution in [0.25, 0.3) is 0 Å². The van der Waals surface area contributed by atoms with E-state index in [1.165, 1.54) is 12.5 Å². The van der Waals surface area contributed by atoms with Gasteiger partial charge in [-0.2, -0.15) is 4.98 Å². The van der Waals surface area contributed by atoms with Crippen LogP contribution in [0.5, 0.6) is 0 Å². The molecule has 1 aromatic heterocycles. The molecule has 1 heterocycles. The Hall–Kier alpha value is -1.76. The van der Waals surface area contributed by atoms with E-state index in [2.05, 4.69) is 15.3 Å². The third-order valence-corrected chi connectivity index (χ3v) is 4.41. The first kappa shape index (κ1) is 20.6. The zero-order valence-corrected chi connectivity index (χ0v) is 16.7. The fourth-order valence-electron chi connectivity index (χ4n) is 3.10. The quantitative estimate of drug-likeness (QED) is 0.567. The van der Waals surface area contributed by atoms with Gasteiger partial charge in [0.2, 0.25) is 5.95 Å². The number of carbonyl (C=O) groups excluding carboxylic acids is 1. The van der Waals surface area contributed by atoms with Crippen molar-refractivity contribution in [2.75, 3.05) is 24.1 Å². The topological polar surface area (TPSA) is 93.4 Å². The minimum absolute atomic E-state index is 0.229. The molecule has 3 N–H and O–H groups in total. The van der Waals surface area contributed by atoms with Crippen molar-refractivity contribution in [1.82, 2.24) is 14.9 Å². The molecule has 1 fully saturated rings. The predicted molar refractivity (Wildman–Crippen MR) is 104 cm³/mol. The van der Waals surface area contributed by atoms with Gasteiger partial charge in [-0.3, -0.25) is 0 Å². The molecule has 0 unspecified atom stereocenters. The molecule has 146 valence electrons. The molecule has 8 heteroatoms. The second-order valence-electron chi connectivity index (χ2n) is 7.69. The summed E-state index contributed by atoms with van der Waals surface area (Å²) in [4.78, 5) is 22.7. The molecule has 0 radical (unpaired) electrons. The Bertz CT molecular complexity index is 579. The van der Waals surface area contributed by atoms with Crippen LogP contribution in [0.4, 0.5) is 16.6 Å². The number of aromatic nitrogens is 2. The summed E-state index contributed by atoms with van der Waals surface area (Å²) in [5.74, 6) is 0.724. The van der Waals surface area contributed by atoms with E-state index in [1.54, 1.807) is 0 Å². The van der Waals surface area contributed by atoms with E-state index in [0.717, 1.165) is 32.1 Å². The molecular weight excluding hydrogens is 354 g/mol. The number of nitrogens with zero attached hydrogens (tertiary/aromatic N) is 3. The van der Waals surface area contributed by atoms with E-state index in [9.17, 15) is 4.79 Å². The average Bonchev–Trinajstić information content (AvgIpc) is 2.53. The van der Waals surface area contributed by atoms with E-state index in [1.807, 2.05) is 25.7 Å². The normalized spacial score (nSPS) is 15.5. The number of carbonyl (C=O) groups is 1. The van der Waals surface area contributed by atoms with Crippen molar-refractivity contribution >= 4 is 29.5 Å². The highest BCUT2D eigenvalue weighted by molar-refractivity contribution is 6.29. The molecule has 2 rings (SSSR count). The second kappa shape index (κ2) is 9.26. The lowest BCUT2D eigenvalue weighted by atomic mass is 9.94. The van der Waals surface area contributed by atoms with Crippen molar-refractivity contribution < 1.29 is 9.53 Å². The number of anilines is 2. The summed E-state index contributed by atoms with van der Waals surface area (Å²) in [5, 5.41) is 3.41. The summed E-state index contributed by atoms with van der Waals surface area (Å²) in [7, 11) is 0. The molecule has 0 aromatic carbocycles. The van der Waals surface area contributed by atoms with Crippen molar-refractivity contribution in [2.45, 2.75) is 70.9 Å². The molecule has 0 bridgehead atoms. The van der Waals surface area contributed by atoms with Gasteiger partial charge in [-0.25, -0.2) is 9.78 Å². The second-order valence-corrected chi connectivity index (χ2v) is 8.07. The maximum absolute atomic E-state index is 12.6. The molecule has 1 aromatic rings. The lowest BCUT2D eigenvalue weighted by molar-refractivity contribution is 0.0121. The molecule has 0 spiro atoms. The number of halogens is 1. The van der Waals surface area contributed by atoms with Crippen molar-refractivity contribution in [3.8, 4) is 0 Å². The first-order valence-electron chi connectivity index (χ1n) is 9.28. The van der Waals surface area contributed by atoms with E-state index in [-0.39, 0.29) is 12.1 Å². The highest BCUT2D eigenvalue weighted by atomic mass is 35.5. The van der Waals surface area contributed by atoms with E-state index < -0.39 is 5.60 Å². The Kier molecular flexibility index (Phi) is 7.32. The minimum Gasteiger partial charge on any atom is -0.444 e. The molecule has 0 aliphatic heterocycles. The number of hydrogen-bond acceptors (Lipinski definition) is 6. The average molecular weight is 384 g/mol. The largest absolute Gasteiger partial charge is 0.444 e. The van der Waals surface area contributed by atoms with E-state index >= 15 is 0 Å². The van der Waals surface area contributed by atoms with Crippen LogP contribution >= 0.6 is 11.6 Å². The SMILES string of the molecule is CC(C)(C)OC(=O)N(CCCNc1nc(N)cc(Cl)n1)C1CCCCC1. The summed E-state index contributed by atoms with van der Waals surface area (Å²) < 4.78 is 5.61. The molecule has 1 saturated carbocycles. The lowest BCUT2D eigenvalue weighted by Gasteiger charge is -2.35. The molecule has 7 nitrogen and oxygen atoms in total. The van der Waals surface area contributed by atoms with Gasteiger partial charge in [0.1, 0.15) is 16.6 Å². The molecule has 26 heavy (non-hydrogen) atoms. The Balaban J connectivity index is 1.90. The Labute approximate surface area is 160 Å². The first-order chi connectivity index (χ1) is 12.2. The number of nitrogens with two attached hydrogens (primary N) is 1. The summed E-state index contributed by atoms with van der Waals surface area (Å²) in [5.41, 5.74) is 5.17. The first-order valence-corrected chi connectivity index (χ1v) is 9.66. The Morgan fingerprint density at radius 1 is 1.35 bits per heavy atom. The molecular formula is C18H30ClN5O2. The van der Waals surface area contributed by atoms with Crippen LogP contribution in [0, 0.1) is 0 Å². The van der Waals surface area contributed by atoms with Gasteiger partial charge in [-0.1, -0.05) is 30.9 Å². The van der Waals surface area contributed by atoms with Gasteiger partial charge in [0.05, 0.1) is 0 Å². The van der Waals surface area contributed by atoms with E-state index in [4.69, 9.17) is 22.1 Å². The van der Waals surface area contributed by atoms with Gasteiger partial charge in [-0.05, 0) is 40.0 Å². The Morgan fingerprint density at radius 3 is 2.65 bits per heavy atom. The minimum atomic E-state index is -0.492. The van der Waals surface area contributed by atoms with Crippen LogP contribution in [0.2, 0.25) is 5.15 Å². The zero-order valence-electron chi connectivity index (χ0n) is 15.9. The maximum atomic E-state index is 12.6. The Morgan fingerprint density at radius 2 is 2.04 bits per heavy atom. The fraction of sp³-hybridized carbons (Fsp3) is 0.722. The third-order valence-electron chi connectivity index (χ3n) is 4.22. The lowest BCUT2D eigenvalue weighted by Crippen LogP contribution is -2.45.